The molecule has 0 saturated carbocycles. The van der Waals surface area contributed by atoms with E-state index in [1.807, 2.05) is 20.8 Å². The fourth-order valence-corrected chi connectivity index (χ4v) is 1.77. The zero-order valence-electron chi connectivity index (χ0n) is 11.8. The van der Waals surface area contributed by atoms with Crippen LogP contribution >= 0.6 is 0 Å². The number of alkyl halides is 3. The van der Waals surface area contributed by atoms with E-state index in [1.165, 1.54) is 12.1 Å². The highest BCUT2D eigenvalue weighted by Gasteiger charge is 2.33. The minimum atomic E-state index is -4.32. The molecule has 0 aliphatic heterocycles. The molecule has 0 spiro atoms. The third-order valence-electron chi connectivity index (χ3n) is 2.72. The van der Waals surface area contributed by atoms with Crippen LogP contribution in [0.3, 0.4) is 0 Å². The normalized spacial score (nSPS) is 12.6. The lowest BCUT2D eigenvalue weighted by Gasteiger charge is -2.26. The number of hydrogen-bond donors (Lipinski definition) is 1. The zero-order chi connectivity index (χ0) is 14.7. The van der Waals surface area contributed by atoms with Gasteiger partial charge in [0.05, 0.1) is 5.56 Å². The maximum atomic E-state index is 12.9. The SMILES string of the molecule is CN(CCNC(C)(C)C)c1ccccc1C(F)(F)F. The van der Waals surface area contributed by atoms with Crippen molar-refractivity contribution in [2.45, 2.75) is 32.5 Å². The predicted octanol–water partition coefficient (Wildman–Crippen LogP) is 3.53. The van der Waals surface area contributed by atoms with Crippen molar-refractivity contribution in [2.24, 2.45) is 0 Å². The van der Waals surface area contributed by atoms with Crippen LogP contribution in [0.15, 0.2) is 24.3 Å². The molecule has 0 bridgehead atoms. The largest absolute Gasteiger partial charge is 0.418 e. The highest BCUT2D eigenvalue weighted by atomic mass is 19.4. The van der Waals surface area contributed by atoms with E-state index in [0.29, 0.717) is 13.1 Å². The van der Waals surface area contributed by atoms with E-state index < -0.39 is 11.7 Å². The van der Waals surface area contributed by atoms with Gasteiger partial charge in [0.2, 0.25) is 0 Å². The molecule has 0 saturated heterocycles. The molecule has 19 heavy (non-hydrogen) atoms. The number of rotatable bonds is 4. The van der Waals surface area contributed by atoms with E-state index in [-0.39, 0.29) is 11.2 Å². The van der Waals surface area contributed by atoms with Crippen LogP contribution in [0.5, 0.6) is 0 Å². The Morgan fingerprint density at radius 3 is 2.21 bits per heavy atom. The Morgan fingerprint density at radius 2 is 1.68 bits per heavy atom. The molecule has 0 fully saturated rings. The number of halogens is 3. The van der Waals surface area contributed by atoms with Crippen LogP contribution < -0.4 is 10.2 Å². The summed E-state index contributed by atoms with van der Waals surface area (Å²) in [4.78, 5) is 1.63. The Labute approximate surface area is 112 Å². The van der Waals surface area contributed by atoms with Crippen molar-refractivity contribution >= 4 is 5.69 Å². The number of para-hydroxylation sites is 1. The zero-order valence-corrected chi connectivity index (χ0v) is 11.8. The number of hydrogen-bond acceptors (Lipinski definition) is 2. The van der Waals surface area contributed by atoms with E-state index in [1.54, 1.807) is 18.0 Å². The minimum Gasteiger partial charge on any atom is -0.373 e. The van der Waals surface area contributed by atoms with E-state index in [2.05, 4.69) is 5.32 Å². The van der Waals surface area contributed by atoms with Gasteiger partial charge in [-0.25, -0.2) is 0 Å². The van der Waals surface area contributed by atoms with Crippen LogP contribution in [0.25, 0.3) is 0 Å². The summed E-state index contributed by atoms with van der Waals surface area (Å²) >= 11 is 0. The molecule has 0 aliphatic rings. The van der Waals surface area contributed by atoms with Gasteiger partial charge in [0.25, 0.3) is 0 Å². The molecular formula is C14H21F3N2. The highest BCUT2D eigenvalue weighted by Crippen LogP contribution is 2.35. The summed E-state index contributed by atoms with van der Waals surface area (Å²) in [6, 6.07) is 5.65. The summed E-state index contributed by atoms with van der Waals surface area (Å²) in [7, 11) is 1.68. The second-order valence-corrected chi connectivity index (χ2v) is 5.61. The predicted molar refractivity (Wildman–Crippen MR) is 72.5 cm³/mol. The van der Waals surface area contributed by atoms with Crippen molar-refractivity contribution in [3.63, 3.8) is 0 Å². The van der Waals surface area contributed by atoms with Gasteiger partial charge in [0.15, 0.2) is 0 Å². The molecule has 0 aliphatic carbocycles. The first-order chi connectivity index (χ1) is 8.61. The first-order valence-corrected chi connectivity index (χ1v) is 6.23. The van der Waals surface area contributed by atoms with Crippen LogP contribution in [0.2, 0.25) is 0 Å². The van der Waals surface area contributed by atoms with Gasteiger partial charge in [0.1, 0.15) is 0 Å². The van der Waals surface area contributed by atoms with Gasteiger partial charge in [-0.1, -0.05) is 12.1 Å². The van der Waals surface area contributed by atoms with Crippen molar-refractivity contribution in [3.05, 3.63) is 29.8 Å². The molecule has 1 rings (SSSR count). The topological polar surface area (TPSA) is 15.3 Å². The van der Waals surface area contributed by atoms with E-state index >= 15 is 0 Å². The molecule has 1 N–H and O–H groups in total. The average molecular weight is 274 g/mol. The Kier molecular flexibility index (Phi) is 4.85. The fraction of sp³-hybridized carbons (Fsp3) is 0.571. The summed E-state index contributed by atoms with van der Waals surface area (Å²) < 4.78 is 38.6. The third-order valence-corrected chi connectivity index (χ3v) is 2.72. The van der Waals surface area contributed by atoms with E-state index in [4.69, 9.17) is 0 Å². The van der Waals surface area contributed by atoms with E-state index in [9.17, 15) is 13.2 Å². The van der Waals surface area contributed by atoms with Crippen molar-refractivity contribution in [1.82, 2.24) is 5.32 Å². The van der Waals surface area contributed by atoms with Crippen molar-refractivity contribution in [3.8, 4) is 0 Å². The van der Waals surface area contributed by atoms with Gasteiger partial charge in [-0.2, -0.15) is 13.2 Å². The number of benzene rings is 1. The maximum Gasteiger partial charge on any atom is 0.418 e. The maximum absolute atomic E-state index is 12.9. The highest BCUT2D eigenvalue weighted by molar-refractivity contribution is 5.54. The first-order valence-electron chi connectivity index (χ1n) is 6.23. The fourth-order valence-electron chi connectivity index (χ4n) is 1.77. The number of likely N-dealkylation sites (N-methyl/N-ethyl adjacent to an activating group) is 1. The van der Waals surface area contributed by atoms with Crippen LogP contribution in [-0.4, -0.2) is 25.7 Å². The molecular weight excluding hydrogens is 253 g/mol. The Bertz CT molecular complexity index is 408. The first kappa shape index (κ1) is 15.8. The van der Waals surface area contributed by atoms with Gasteiger partial charge < -0.3 is 10.2 Å². The molecule has 2 nitrogen and oxygen atoms in total. The Morgan fingerprint density at radius 1 is 1.11 bits per heavy atom. The summed E-state index contributed by atoms with van der Waals surface area (Å²) in [5.41, 5.74) is -0.413. The van der Waals surface area contributed by atoms with Crippen molar-refractivity contribution in [2.75, 3.05) is 25.0 Å². The lowest BCUT2D eigenvalue weighted by atomic mass is 10.1. The minimum absolute atomic E-state index is 0.0373. The molecule has 0 aromatic heterocycles. The Balaban J connectivity index is 2.75. The van der Waals surface area contributed by atoms with Crippen molar-refractivity contribution < 1.29 is 13.2 Å². The van der Waals surface area contributed by atoms with Gasteiger partial charge in [-0.15, -0.1) is 0 Å². The third kappa shape index (κ3) is 5.11. The molecule has 0 radical (unpaired) electrons. The van der Waals surface area contributed by atoms with Gasteiger partial charge >= 0.3 is 6.18 Å². The summed E-state index contributed by atoms with van der Waals surface area (Å²) in [5, 5.41) is 3.26. The molecule has 0 amide bonds. The van der Waals surface area contributed by atoms with Crippen LogP contribution in [-0.2, 0) is 6.18 Å². The van der Waals surface area contributed by atoms with Crippen LogP contribution in [0.1, 0.15) is 26.3 Å². The second kappa shape index (κ2) is 5.82. The number of nitrogens with zero attached hydrogens (tertiary/aromatic N) is 1. The molecule has 0 unspecified atom stereocenters. The monoisotopic (exact) mass is 274 g/mol. The lowest BCUT2D eigenvalue weighted by molar-refractivity contribution is -0.137. The quantitative estimate of drug-likeness (QED) is 0.903. The number of nitrogens with one attached hydrogen (secondary N) is 1. The average Bonchev–Trinajstić information content (AvgIpc) is 2.26. The molecule has 108 valence electrons. The van der Waals surface area contributed by atoms with Gasteiger partial charge in [-0.3, -0.25) is 0 Å². The summed E-state index contributed by atoms with van der Waals surface area (Å²) in [6.45, 7) is 7.22. The summed E-state index contributed by atoms with van der Waals surface area (Å²) in [5.74, 6) is 0. The smallest absolute Gasteiger partial charge is 0.373 e. The molecule has 1 aromatic carbocycles. The molecule has 5 heteroatoms. The molecule has 0 atom stereocenters. The second-order valence-electron chi connectivity index (χ2n) is 5.61. The van der Waals surface area contributed by atoms with E-state index in [0.717, 1.165) is 6.07 Å². The van der Waals surface area contributed by atoms with Crippen LogP contribution in [0, 0.1) is 0 Å². The molecule has 1 aromatic rings. The molecule has 0 heterocycles. The van der Waals surface area contributed by atoms with Gasteiger partial charge in [0, 0.05) is 31.4 Å². The van der Waals surface area contributed by atoms with Crippen LogP contribution in [0.4, 0.5) is 18.9 Å². The lowest BCUT2D eigenvalue weighted by Crippen LogP contribution is -2.40. The van der Waals surface area contributed by atoms with Crippen molar-refractivity contribution in [1.29, 1.82) is 0 Å². The number of anilines is 1. The standard InChI is InChI=1S/C14H21F3N2/c1-13(2,3)18-9-10-19(4)12-8-6-5-7-11(12)14(15,16)17/h5-8,18H,9-10H2,1-4H3. The Hall–Kier alpha value is -1.23. The van der Waals surface area contributed by atoms with Gasteiger partial charge in [-0.05, 0) is 32.9 Å². The summed E-state index contributed by atoms with van der Waals surface area (Å²) in [6.07, 6.45) is -4.32.